The molecule has 1 atom stereocenters. The monoisotopic (exact) mass is 340 g/mol. The second-order valence-corrected chi connectivity index (χ2v) is 5.31. The Balaban J connectivity index is 2.45. The van der Waals surface area contributed by atoms with Crippen molar-refractivity contribution in [3.05, 3.63) is 82.3 Å². The Labute approximate surface area is 124 Å². The van der Waals surface area contributed by atoms with Gasteiger partial charge in [-0.05, 0) is 29.3 Å². The quantitative estimate of drug-likeness (QED) is 0.620. The number of halogens is 4. The minimum Gasteiger partial charge on any atom is -0.166 e. The van der Waals surface area contributed by atoms with Gasteiger partial charge in [-0.15, -0.1) is 6.58 Å². The van der Waals surface area contributed by atoms with Crippen LogP contribution in [-0.2, 0) is 6.18 Å². The molecule has 0 aliphatic heterocycles. The first-order valence-corrected chi connectivity index (χ1v) is 6.76. The van der Waals surface area contributed by atoms with Crippen molar-refractivity contribution in [1.82, 2.24) is 0 Å². The van der Waals surface area contributed by atoms with E-state index in [0.717, 1.165) is 16.1 Å². The van der Waals surface area contributed by atoms with Crippen LogP contribution in [0.2, 0.25) is 0 Å². The standard InChI is InChI=1S/C16H12BrF3/c1-2-15(12-6-4-8-14(17)10-12)11-5-3-7-13(9-11)16(18,19)20/h2-10,15H,1H2. The van der Waals surface area contributed by atoms with Crippen LogP contribution in [0.4, 0.5) is 13.2 Å². The van der Waals surface area contributed by atoms with E-state index >= 15 is 0 Å². The summed E-state index contributed by atoms with van der Waals surface area (Å²) < 4.78 is 39.2. The lowest BCUT2D eigenvalue weighted by Crippen LogP contribution is -2.06. The molecule has 0 amide bonds. The zero-order valence-corrected chi connectivity index (χ0v) is 12.1. The third-order valence-corrected chi connectivity index (χ3v) is 3.51. The van der Waals surface area contributed by atoms with Gasteiger partial charge in [-0.1, -0.05) is 52.3 Å². The minimum absolute atomic E-state index is 0.269. The third kappa shape index (κ3) is 3.31. The highest BCUT2D eigenvalue weighted by Gasteiger charge is 2.30. The van der Waals surface area contributed by atoms with Crippen molar-refractivity contribution in [2.45, 2.75) is 12.1 Å². The highest BCUT2D eigenvalue weighted by molar-refractivity contribution is 9.10. The second kappa shape index (κ2) is 5.83. The van der Waals surface area contributed by atoms with Crippen molar-refractivity contribution in [3.8, 4) is 0 Å². The predicted octanol–water partition coefficient (Wildman–Crippen LogP) is 5.79. The molecule has 0 radical (unpaired) electrons. The molecule has 104 valence electrons. The number of alkyl halides is 3. The first kappa shape index (κ1) is 14.9. The summed E-state index contributed by atoms with van der Waals surface area (Å²) in [6.45, 7) is 3.74. The van der Waals surface area contributed by atoms with Crippen LogP contribution in [0.15, 0.2) is 65.7 Å². The van der Waals surface area contributed by atoms with Crippen LogP contribution < -0.4 is 0 Å². The summed E-state index contributed by atoms with van der Waals surface area (Å²) in [5, 5.41) is 0. The fourth-order valence-electron chi connectivity index (χ4n) is 2.07. The van der Waals surface area contributed by atoms with Crippen LogP contribution in [0, 0.1) is 0 Å². The summed E-state index contributed by atoms with van der Waals surface area (Å²) >= 11 is 3.36. The van der Waals surface area contributed by atoms with Gasteiger partial charge < -0.3 is 0 Å². The van der Waals surface area contributed by atoms with Crippen LogP contribution >= 0.6 is 15.9 Å². The largest absolute Gasteiger partial charge is 0.416 e. The van der Waals surface area contributed by atoms with E-state index in [1.807, 2.05) is 24.3 Å². The summed E-state index contributed by atoms with van der Waals surface area (Å²) in [4.78, 5) is 0. The van der Waals surface area contributed by atoms with Gasteiger partial charge in [-0.3, -0.25) is 0 Å². The molecule has 0 bridgehead atoms. The first-order valence-electron chi connectivity index (χ1n) is 5.97. The molecular formula is C16H12BrF3. The van der Waals surface area contributed by atoms with E-state index in [0.29, 0.717) is 5.56 Å². The molecule has 2 aromatic carbocycles. The number of rotatable bonds is 3. The molecule has 0 fully saturated rings. The van der Waals surface area contributed by atoms with Crippen molar-refractivity contribution in [2.24, 2.45) is 0 Å². The Morgan fingerprint density at radius 1 is 1.00 bits per heavy atom. The maximum atomic E-state index is 12.8. The van der Waals surface area contributed by atoms with E-state index in [9.17, 15) is 13.2 Å². The van der Waals surface area contributed by atoms with Gasteiger partial charge in [0.2, 0.25) is 0 Å². The molecule has 0 saturated carbocycles. The molecule has 0 nitrogen and oxygen atoms in total. The molecule has 0 N–H and O–H groups in total. The fourth-order valence-corrected chi connectivity index (χ4v) is 2.49. The van der Waals surface area contributed by atoms with Crippen molar-refractivity contribution >= 4 is 15.9 Å². The Morgan fingerprint density at radius 3 is 2.15 bits per heavy atom. The Bertz CT molecular complexity index is 617. The third-order valence-electron chi connectivity index (χ3n) is 3.02. The Morgan fingerprint density at radius 2 is 1.60 bits per heavy atom. The fraction of sp³-hybridized carbons (Fsp3) is 0.125. The van der Waals surface area contributed by atoms with Gasteiger partial charge in [0.1, 0.15) is 0 Å². The molecule has 0 aliphatic rings. The molecule has 0 heterocycles. The van der Waals surface area contributed by atoms with Gasteiger partial charge in [-0.2, -0.15) is 13.2 Å². The van der Waals surface area contributed by atoms with E-state index < -0.39 is 11.7 Å². The predicted molar refractivity (Wildman–Crippen MR) is 77.6 cm³/mol. The average molecular weight is 341 g/mol. The maximum absolute atomic E-state index is 12.8. The van der Waals surface area contributed by atoms with Crippen molar-refractivity contribution in [3.63, 3.8) is 0 Å². The lowest BCUT2D eigenvalue weighted by molar-refractivity contribution is -0.137. The highest BCUT2D eigenvalue weighted by Crippen LogP contribution is 2.33. The molecule has 2 aromatic rings. The molecular weight excluding hydrogens is 329 g/mol. The van der Waals surface area contributed by atoms with Gasteiger partial charge in [0, 0.05) is 10.4 Å². The first-order chi connectivity index (χ1) is 9.41. The van der Waals surface area contributed by atoms with Crippen LogP contribution in [0.3, 0.4) is 0 Å². The molecule has 0 aliphatic carbocycles. The summed E-state index contributed by atoms with van der Waals surface area (Å²) in [5.41, 5.74) is 0.832. The van der Waals surface area contributed by atoms with Crippen molar-refractivity contribution < 1.29 is 13.2 Å². The number of allylic oxidation sites excluding steroid dienone is 1. The number of hydrogen-bond donors (Lipinski definition) is 0. The summed E-state index contributed by atoms with van der Waals surface area (Å²) in [7, 11) is 0. The number of benzene rings is 2. The van der Waals surface area contributed by atoms with Gasteiger partial charge in [-0.25, -0.2) is 0 Å². The van der Waals surface area contributed by atoms with E-state index in [1.165, 1.54) is 12.1 Å². The second-order valence-electron chi connectivity index (χ2n) is 4.39. The van der Waals surface area contributed by atoms with Crippen LogP contribution in [0.5, 0.6) is 0 Å². The summed E-state index contributed by atoms with van der Waals surface area (Å²) in [5.74, 6) is -0.269. The highest BCUT2D eigenvalue weighted by atomic mass is 79.9. The smallest absolute Gasteiger partial charge is 0.166 e. The molecule has 0 saturated heterocycles. The van der Waals surface area contributed by atoms with Gasteiger partial charge in [0.15, 0.2) is 0 Å². The van der Waals surface area contributed by atoms with E-state index in [-0.39, 0.29) is 5.92 Å². The van der Waals surface area contributed by atoms with Crippen LogP contribution in [-0.4, -0.2) is 0 Å². The lowest BCUT2D eigenvalue weighted by Gasteiger charge is -2.16. The summed E-state index contributed by atoms with van der Waals surface area (Å²) in [6, 6.07) is 12.8. The van der Waals surface area contributed by atoms with Crippen LogP contribution in [0.25, 0.3) is 0 Å². The van der Waals surface area contributed by atoms with Crippen molar-refractivity contribution in [2.75, 3.05) is 0 Å². The average Bonchev–Trinajstić information content (AvgIpc) is 2.39. The van der Waals surface area contributed by atoms with Gasteiger partial charge in [0.05, 0.1) is 5.56 Å². The Kier molecular flexibility index (Phi) is 4.33. The molecule has 0 aromatic heterocycles. The minimum atomic E-state index is -4.33. The van der Waals surface area contributed by atoms with Gasteiger partial charge in [0.25, 0.3) is 0 Å². The molecule has 0 spiro atoms. The number of hydrogen-bond acceptors (Lipinski definition) is 0. The Hall–Kier alpha value is -1.55. The molecule has 20 heavy (non-hydrogen) atoms. The summed E-state index contributed by atoms with van der Waals surface area (Å²) in [6.07, 6.45) is -2.68. The lowest BCUT2D eigenvalue weighted by atomic mass is 9.90. The molecule has 1 unspecified atom stereocenters. The zero-order chi connectivity index (χ0) is 14.8. The normalized spacial score (nSPS) is 13.0. The van der Waals surface area contributed by atoms with Crippen molar-refractivity contribution in [1.29, 1.82) is 0 Å². The van der Waals surface area contributed by atoms with E-state index in [1.54, 1.807) is 12.1 Å². The van der Waals surface area contributed by atoms with E-state index in [4.69, 9.17) is 0 Å². The van der Waals surface area contributed by atoms with Gasteiger partial charge >= 0.3 is 6.18 Å². The topological polar surface area (TPSA) is 0 Å². The SMILES string of the molecule is C=CC(c1cccc(Br)c1)c1cccc(C(F)(F)F)c1. The maximum Gasteiger partial charge on any atom is 0.416 e. The molecule has 2 rings (SSSR count). The van der Waals surface area contributed by atoms with E-state index in [2.05, 4.69) is 22.5 Å². The van der Waals surface area contributed by atoms with Crippen LogP contribution in [0.1, 0.15) is 22.6 Å². The molecule has 4 heteroatoms. The zero-order valence-electron chi connectivity index (χ0n) is 10.5.